The highest BCUT2D eigenvalue weighted by molar-refractivity contribution is 6.08. The van der Waals surface area contributed by atoms with Gasteiger partial charge < -0.3 is 6.15 Å². The third kappa shape index (κ3) is 96.4. The molecule has 0 atom stereocenters. The molecule has 0 aromatic heterocycles. The Hall–Kier alpha value is 0.177. The maximum absolute atomic E-state index is 3.18. The average Bonchev–Trinajstić information content (AvgIpc) is 0.918. The molecule has 0 spiro atoms. The minimum atomic E-state index is 0. The number of hydrogen-bond donors (Lipinski definition) is 1. The summed E-state index contributed by atoms with van der Waals surface area (Å²) in [5, 5.41) is 0. The summed E-state index contributed by atoms with van der Waals surface area (Å²) in [6, 6.07) is 1.06. The summed E-state index contributed by atoms with van der Waals surface area (Å²) in [6.07, 6.45) is 0. The fourth-order valence-electron chi connectivity index (χ4n) is 0. The van der Waals surface area contributed by atoms with Crippen LogP contribution in [0.3, 0.4) is 0 Å². The molecule has 0 aliphatic heterocycles. The van der Waals surface area contributed by atoms with Gasteiger partial charge in [0.25, 0.3) is 0 Å². The van der Waals surface area contributed by atoms with Crippen molar-refractivity contribution in [2.24, 2.45) is 0 Å². The smallest absolute Gasteiger partial charge is 0.0219 e. The van der Waals surface area contributed by atoms with E-state index in [1.165, 1.54) is 0 Å². The van der Waals surface area contributed by atoms with E-state index in [2.05, 4.69) is 10.2 Å². The molecule has 0 bridgehead atoms. The normalized spacial score (nSPS) is 4.50. The second kappa shape index (κ2) is 10.9. The SMILES string of the molecule is CC[Si].N. The van der Waals surface area contributed by atoms with Crippen LogP contribution in [0.25, 0.3) is 0 Å². The molecular formula is C2H8NSi. The molecule has 25 valence electrons. The highest BCUT2D eigenvalue weighted by Gasteiger charge is 1.37. The first kappa shape index (κ1) is 8.90. The van der Waals surface area contributed by atoms with E-state index in [-0.39, 0.29) is 6.15 Å². The van der Waals surface area contributed by atoms with Crippen molar-refractivity contribution in [1.82, 2.24) is 6.15 Å². The van der Waals surface area contributed by atoms with Gasteiger partial charge in [-0.3, -0.25) is 0 Å². The largest absolute Gasteiger partial charge is 0.344 e. The van der Waals surface area contributed by atoms with Gasteiger partial charge in [0, 0.05) is 10.2 Å². The Morgan fingerprint density at radius 1 is 1.75 bits per heavy atom. The van der Waals surface area contributed by atoms with Crippen LogP contribution in [0.5, 0.6) is 0 Å². The Kier molecular flexibility index (Phi) is 24.2. The molecule has 0 aliphatic carbocycles. The molecule has 0 aromatic carbocycles. The van der Waals surface area contributed by atoms with Crippen molar-refractivity contribution in [3.05, 3.63) is 0 Å². The van der Waals surface area contributed by atoms with Crippen LogP contribution >= 0.6 is 0 Å². The van der Waals surface area contributed by atoms with Crippen LogP contribution in [0.1, 0.15) is 6.92 Å². The predicted molar refractivity (Wildman–Crippen MR) is 21.3 cm³/mol. The predicted octanol–water partition coefficient (Wildman–Crippen LogP) is 0.755. The van der Waals surface area contributed by atoms with E-state index < -0.39 is 0 Å². The van der Waals surface area contributed by atoms with E-state index in [0.29, 0.717) is 0 Å². The highest BCUT2D eigenvalue weighted by atomic mass is 28.1. The summed E-state index contributed by atoms with van der Waals surface area (Å²) in [7, 11) is 3.18. The van der Waals surface area contributed by atoms with Crippen LogP contribution in [-0.4, -0.2) is 10.2 Å². The Morgan fingerprint density at radius 3 is 1.75 bits per heavy atom. The lowest BCUT2D eigenvalue weighted by atomic mass is 11.0. The molecule has 3 radical (unpaired) electrons. The van der Waals surface area contributed by atoms with Crippen LogP contribution in [-0.2, 0) is 0 Å². The van der Waals surface area contributed by atoms with Gasteiger partial charge in [-0.2, -0.15) is 0 Å². The zero-order valence-corrected chi connectivity index (χ0v) is 3.91. The van der Waals surface area contributed by atoms with Crippen molar-refractivity contribution >= 4 is 10.2 Å². The molecular weight excluding hydrogens is 66.1 g/mol. The highest BCUT2D eigenvalue weighted by Crippen LogP contribution is 1.49. The van der Waals surface area contributed by atoms with E-state index in [0.717, 1.165) is 6.04 Å². The Morgan fingerprint density at radius 2 is 1.75 bits per heavy atom. The second-order valence-electron chi connectivity index (χ2n) is 0.354. The standard InChI is InChI=1S/C2H5Si.H3N/c1-2-3;/h2H2,1H3;1H3. The fraction of sp³-hybridized carbons (Fsp3) is 1.00. The van der Waals surface area contributed by atoms with Crippen molar-refractivity contribution < 1.29 is 0 Å². The maximum atomic E-state index is 3.18. The zero-order valence-electron chi connectivity index (χ0n) is 2.91. The summed E-state index contributed by atoms with van der Waals surface area (Å²) in [5.41, 5.74) is 0. The summed E-state index contributed by atoms with van der Waals surface area (Å²) in [6.45, 7) is 2.04. The Bertz CT molecular complexity index is 6.00. The number of rotatable bonds is 0. The number of hydrogen-bond acceptors (Lipinski definition) is 1. The van der Waals surface area contributed by atoms with Gasteiger partial charge in [-0.05, 0) is 0 Å². The first-order valence-electron chi connectivity index (χ1n) is 1.06. The van der Waals surface area contributed by atoms with E-state index in [1.54, 1.807) is 0 Å². The molecule has 0 heterocycles. The molecule has 3 N–H and O–H groups in total. The molecule has 0 unspecified atom stereocenters. The van der Waals surface area contributed by atoms with Crippen LogP contribution in [0.15, 0.2) is 0 Å². The van der Waals surface area contributed by atoms with Gasteiger partial charge in [-0.15, -0.1) is 0 Å². The molecule has 0 aliphatic rings. The fourth-order valence-corrected chi connectivity index (χ4v) is 0. The molecule has 0 rings (SSSR count). The third-order valence-corrected chi connectivity index (χ3v) is 0. The quantitative estimate of drug-likeness (QED) is 0.423. The molecule has 0 saturated heterocycles. The molecule has 0 saturated carbocycles. The summed E-state index contributed by atoms with van der Waals surface area (Å²) in [4.78, 5) is 0. The van der Waals surface area contributed by atoms with Crippen molar-refractivity contribution in [3.63, 3.8) is 0 Å². The maximum Gasteiger partial charge on any atom is 0.0219 e. The minimum absolute atomic E-state index is 0. The van der Waals surface area contributed by atoms with Crippen molar-refractivity contribution in [2.45, 2.75) is 13.0 Å². The Labute approximate surface area is 30.4 Å². The zero-order chi connectivity index (χ0) is 2.71. The second-order valence-corrected chi connectivity index (χ2v) is 1.06. The van der Waals surface area contributed by atoms with E-state index >= 15 is 0 Å². The van der Waals surface area contributed by atoms with Crippen molar-refractivity contribution in [3.8, 4) is 0 Å². The molecule has 0 aromatic rings. The van der Waals surface area contributed by atoms with Gasteiger partial charge >= 0.3 is 0 Å². The molecule has 2 heteroatoms. The first-order valence-corrected chi connectivity index (χ1v) is 1.77. The summed E-state index contributed by atoms with van der Waals surface area (Å²) in [5.74, 6) is 0. The first-order chi connectivity index (χ1) is 1.41. The van der Waals surface area contributed by atoms with Gasteiger partial charge in [-0.1, -0.05) is 13.0 Å². The monoisotopic (exact) mass is 74.0 g/mol. The lowest BCUT2D eigenvalue weighted by Crippen LogP contribution is -1.41. The summed E-state index contributed by atoms with van der Waals surface area (Å²) < 4.78 is 0. The van der Waals surface area contributed by atoms with Crippen molar-refractivity contribution in [1.29, 1.82) is 0 Å². The van der Waals surface area contributed by atoms with Gasteiger partial charge in [0.2, 0.25) is 0 Å². The Balaban J connectivity index is 0. The van der Waals surface area contributed by atoms with E-state index in [1.807, 2.05) is 6.92 Å². The average molecular weight is 74.2 g/mol. The van der Waals surface area contributed by atoms with Crippen LogP contribution in [0, 0.1) is 0 Å². The molecule has 4 heavy (non-hydrogen) atoms. The van der Waals surface area contributed by atoms with E-state index in [4.69, 9.17) is 0 Å². The third-order valence-electron chi connectivity index (χ3n) is 0. The van der Waals surface area contributed by atoms with E-state index in [9.17, 15) is 0 Å². The van der Waals surface area contributed by atoms with Crippen LogP contribution in [0.4, 0.5) is 0 Å². The lowest BCUT2D eigenvalue weighted by Gasteiger charge is -1.46. The van der Waals surface area contributed by atoms with Gasteiger partial charge in [0.15, 0.2) is 0 Å². The van der Waals surface area contributed by atoms with Gasteiger partial charge in [-0.25, -0.2) is 0 Å². The van der Waals surface area contributed by atoms with Crippen molar-refractivity contribution in [2.75, 3.05) is 0 Å². The molecule has 0 amide bonds. The topological polar surface area (TPSA) is 35.0 Å². The van der Waals surface area contributed by atoms with Gasteiger partial charge in [0.1, 0.15) is 0 Å². The van der Waals surface area contributed by atoms with Crippen LogP contribution in [0.2, 0.25) is 6.04 Å². The lowest BCUT2D eigenvalue weighted by molar-refractivity contribution is 1.48. The minimum Gasteiger partial charge on any atom is -0.344 e. The molecule has 1 nitrogen and oxygen atoms in total. The van der Waals surface area contributed by atoms with Crippen LogP contribution < -0.4 is 6.15 Å². The molecule has 0 fully saturated rings. The van der Waals surface area contributed by atoms with Gasteiger partial charge in [0.05, 0.1) is 0 Å². The summed E-state index contributed by atoms with van der Waals surface area (Å²) >= 11 is 0.